The first-order valence-electron chi connectivity index (χ1n) is 10.5. The summed E-state index contributed by atoms with van der Waals surface area (Å²) in [6, 6.07) is 21.3. The van der Waals surface area contributed by atoms with Gasteiger partial charge in [-0.2, -0.15) is 0 Å². The van der Waals surface area contributed by atoms with Crippen molar-refractivity contribution >= 4 is 26.9 Å². The molecule has 4 aromatic rings. The summed E-state index contributed by atoms with van der Waals surface area (Å²) in [5, 5.41) is 3.27. The molecule has 2 atom stereocenters. The van der Waals surface area contributed by atoms with Gasteiger partial charge >= 0.3 is 0 Å². The normalized spacial score (nSPS) is 18.8. The van der Waals surface area contributed by atoms with Gasteiger partial charge < -0.3 is 9.99 Å². The predicted molar refractivity (Wildman–Crippen MR) is 127 cm³/mol. The Kier molecular flexibility index (Phi) is 5.82. The lowest BCUT2D eigenvalue weighted by Crippen LogP contribution is -2.52. The molecular formula is C24H24N4O2S2. The lowest BCUT2D eigenvalue weighted by molar-refractivity contribution is 0.457. The Balaban J connectivity index is 1.58. The second kappa shape index (κ2) is 8.90. The largest absolute Gasteiger partial charge is 0.347 e. The number of sulfone groups is 1. The molecule has 2 aromatic carbocycles. The van der Waals surface area contributed by atoms with Gasteiger partial charge in [-0.3, -0.25) is 0 Å². The summed E-state index contributed by atoms with van der Waals surface area (Å²) in [5.74, 6) is 0. The number of para-hydroxylation sites is 1. The number of benzene rings is 2. The van der Waals surface area contributed by atoms with E-state index in [-0.39, 0.29) is 6.04 Å². The number of aromatic nitrogens is 2. The van der Waals surface area contributed by atoms with Gasteiger partial charge in [0.15, 0.2) is 9.84 Å². The van der Waals surface area contributed by atoms with Crippen molar-refractivity contribution in [1.82, 2.24) is 15.4 Å². The first-order valence-corrected chi connectivity index (χ1v) is 12.9. The molecule has 8 heteroatoms. The number of thiophene rings is 1. The summed E-state index contributed by atoms with van der Waals surface area (Å²) in [5.41, 5.74) is 7.64. The van der Waals surface area contributed by atoms with E-state index in [1.165, 1.54) is 11.3 Å². The third kappa shape index (κ3) is 4.21. The van der Waals surface area contributed by atoms with Crippen LogP contribution >= 0.6 is 11.3 Å². The van der Waals surface area contributed by atoms with Crippen LogP contribution in [0.4, 0.5) is 5.69 Å². The van der Waals surface area contributed by atoms with E-state index >= 15 is 0 Å². The summed E-state index contributed by atoms with van der Waals surface area (Å²) in [4.78, 5) is 7.29. The Labute approximate surface area is 191 Å². The molecule has 164 valence electrons. The van der Waals surface area contributed by atoms with Crippen molar-refractivity contribution in [3.8, 4) is 0 Å². The molecule has 0 bridgehead atoms. The van der Waals surface area contributed by atoms with Gasteiger partial charge in [0.2, 0.25) is 0 Å². The van der Waals surface area contributed by atoms with Gasteiger partial charge in [-0.25, -0.2) is 18.8 Å². The molecule has 0 amide bonds. The molecule has 2 N–H and O–H groups in total. The number of hydrogen-bond acceptors (Lipinski definition) is 6. The van der Waals surface area contributed by atoms with Crippen LogP contribution in [0.2, 0.25) is 0 Å². The van der Waals surface area contributed by atoms with Crippen LogP contribution in [0.25, 0.3) is 0 Å². The molecule has 2 aromatic heterocycles. The Morgan fingerprint density at radius 1 is 1.03 bits per heavy atom. The van der Waals surface area contributed by atoms with E-state index < -0.39 is 15.1 Å². The van der Waals surface area contributed by atoms with Crippen molar-refractivity contribution in [3.63, 3.8) is 0 Å². The Hall–Kier alpha value is -2.94. The Bertz CT molecular complexity index is 1260. The maximum absolute atomic E-state index is 13.8. The van der Waals surface area contributed by atoms with Crippen molar-refractivity contribution in [3.05, 3.63) is 101 Å². The Morgan fingerprint density at radius 3 is 2.59 bits per heavy atom. The minimum atomic E-state index is -3.53. The molecule has 0 radical (unpaired) electrons. The fourth-order valence-electron chi connectivity index (χ4n) is 4.28. The summed E-state index contributed by atoms with van der Waals surface area (Å²) in [7, 11) is -3.53. The number of rotatable bonds is 6. The maximum atomic E-state index is 13.8. The standard InChI is InChI=1S/C24H24N4O2S2/c29-32(30,24-11-6-12-31-24)23-14-19-9-4-5-10-22(19)28(16-20-15-25-17-26-20)27-21(23)13-18-7-2-1-3-8-18/h1-12,15,17,21,23,27H,13-14,16H2,(H,25,26)/t21-,23?/m1/s1. The molecule has 3 heterocycles. The fraction of sp³-hybridized carbons (Fsp3) is 0.208. The van der Waals surface area contributed by atoms with E-state index in [2.05, 4.69) is 20.4 Å². The highest BCUT2D eigenvalue weighted by molar-refractivity contribution is 7.94. The van der Waals surface area contributed by atoms with Gasteiger partial charge in [-0.1, -0.05) is 54.6 Å². The van der Waals surface area contributed by atoms with E-state index in [0.717, 1.165) is 22.5 Å². The van der Waals surface area contributed by atoms with Crippen LogP contribution in [-0.4, -0.2) is 29.7 Å². The molecule has 0 saturated carbocycles. The van der Waals surface area contributed by atoms with Gasteiger partial charge in [0.05, 0.1) is 29.5 Å². The fourth-order valence-corrected chi connectivity index (χ4v) is 7.35. The second-order valence-corrected chi connectivity index (χ2v) is 11.3. The van der Waals surface area contributed by atoms with Crippen molar-refractivity contribution in [1.29, 1.82) is 0 Å². The van der Waals surface area contributed by atoms with Crippen molar-refractivity contribution in [2.75, 3.05) is 5.01 Å². The summed E-state index contributed by atoms with van der Waals surface area (Å²) in [6.45, 7) is 0.550. The molecule has 0 saturated heterocycles. The highest BCUT2D eigenvalue weighted by atomic mass is 32.2. The topological polar surface area (TPSA) is 78.1 Å². The maximum Gasteiger partial charge on any atom is 0.192 e. The zero-order valence-electron chi connectivity index (χ0n) is 17.4. The number of aromatic amines is 1. The van der Waals surface area contributed by atoms with Gasteiger partial charge in [-0.15, -0.1) is 11.3 Å². The second-order valence-electron chi connectivity index (χ2n) is 7.94. The van der Waals surface area contributed by atoms with Crippen molar-refractivity contribution in [2.45, 2.75) is 34.9 Å². The van der Waals surface area contributed by atoms with Gasteiger partial charge in [0.25, 0.3) is 0 Å². The minimum Gasteiger partial charge on any atom is -0.347 e. The van der Waals surface area contributed by atoms with E-state index in [1.807, 2.05) is 60.0 Å². The van der Waals surface area contributed by atoms with Gasteiger partial charge in [0, 0.05) is 12.2 Å². The van der Waals surface area contributed by atoms with Crippen LogP contribution < -0.4 is 10.4 Å². The van der Waals surface area contributed by atoms with Gasteiger partial charge in [0.1, 0.15) is 4.21 Å². The zero-order valence-corrected chi connectivity index (χ0v) is 19.0. The highest BCUT2D eigenvalue weighted by Crippen LogP contribution is 2.33. The SMILES string of the molecule is O=S(=O)(c1cccs1)C1Cc2ccccc2N(Cc2cnc[nH]2)N[C@@H]1Cc1ccccc1. The quantitative estimate of drug-likeness (QED) is 0.451. The van der Waals surface area contributed by atoms with Gasteiger partial charge in [-0.05, 0) is 41.5 Å². The molecule has 6 nitrogen and oxygen atoms in total. The lowest BCUT2D eigenvalue weighted by atomic mass is 9.99. The smallest absolute Gasteiger partial charge is 0.192 e. The van der Waals surface area contributed by atoms with E-state index in [4.69, 9.17) is 0 Å². The van der Waals surface area contributed by atoms with Crippen molar-refractivity contribution < 1.29 is 8.42 Å². The number of nitrogens with zero attached hydrogens (tertiary/aromatic N) is 2. The van der Waals surface area contributed by atoms with Crippen LogP contribution in [0, 0.1) is 0 Å². The number of nitrogens with one attached hydrogen (secondary N) is 2. The number of hydrazine groups is 1. The number of imidazole rings is 1. The molecule has 1 unspecified atom stereocenters. The average Bonchev–Trinajstić information content (AvgIpc) is 3.50. The lowest BCUT2D eigenvalue weighted by Gasteiger charge is -2.31. The minimum absolute atomic E-state index is 0.306. The molecule has 32 heavy (non-hydrogen) atoms. The highest BCUT2D eigenvalue weighted by Gasteiger charge is 2.39. The molecule has 5 rings (SSSR count). The number of hydrogen-bond donors (Lipinski definition) is 2. The molecule has 0 spiro atoms. The molecule has 0 fully saturated rings. The van der Waals surface area contributed by atoms with Crippen LogP contribution in [0.1, 0.15) is 16.8 Å². The van der Waals surface area contributed by atoms with Crippen LogP contribution in [0.5, 0.6) is 0 Å². The Morgan fingerprint density at radius 2 is 1.84 bits per heavy atom. The van der Waals surface area contributed by atoms with Crippen LogP contribution in [0.3, 0.4) is 0 Å². The summed E-state index contributed by atoms with van der Waals surface area (Å²) >= 11 is 1.28. The summed E-state index contributed by atoms with van der Waals surface area (Å²) in [6.07, 6.45) is 4.50. The first-order chi connectivity index (χ1) is 15.6. The van der Waals surface area contributed by atoms with E-state index in [0.29, 0.717) is 23.6 Å². The summed E-state index contributed by atoms with van der Waals surface area (Å²) < 4.78 is 28.0. The first kappa shape index (κ1) is 20.9. The van der Waals surface area contributed by atoms with E-state index in [1.54, 1.807) is 24.7 Å². The molecule has 1 aliphatic heterocycles. The number of fused-ring (bicyclic) bond motifs is 1. The third-order valence-corrected chi connectivity index (χ3v) is 9.47. The molecular weight excluding hydrogens is 440 g/mol. The monoisotopic (exact) mass is 464 g/mol. The number of H-pyrrole nitrogens is 1. The van der Waals surface area contributed by atoms with Crippen LogP contribution in [-0.2, 0) is 29.2 Å². The zero-order chi connectivity index (χ0) is 22.0. The number of anilines is 1. The van der Waals surface area contributed by atoms with Crippen molar-refractivity contribution in [2.24, 2.45) is 0 Å². The third-order valence-electron chi connectivity index (χ3n) is 5.83. The predicted octanol–water partition coefficient (Wildman–Crippen LogP) is 3.99. The molecule has 0 aliphatic carbocycles. The van der Waals surface area contributed by atoms with Crippen LogP contribution in [0.15, 0.2) is 88.8 Å². The molecule has 1 aliphatic rings. The average molecular weight is 465 g/mol. The van der Waals surface area contributed by atoms with E-state index in [9.17, 15) is 8.42 Å².